The Labute approximate surface area is 161 Å². The predicted molar refractivity (Wildman–Crippen MR) is 112 cm³/mol. The quantitative estimate of drug-likeness (QED) is 0.404. The smallest absolute Gasteiger partial charge is 0.283 e. The fourth-order valence-corrected chi connectivity index (χ4v) is 4.07. The van der Waals surface area contributed by atoms with Crippen LogP contribution in [0.2, 0.25) is 0 Å². The summed E-state index contributed by atoms with van der Waals surface area (Å²) in [5.41, 5.74) is 3.81. The number of methoxy groups -OCH3 is 1. The van der Waals surface area contributed by atoms with Crippen LogP contribution >= 0.6 is 11.8 Å². The monoisotopic (exact) mass is 379 g/mol. The SMILES string of the molecule is CCCSc1nc2c([nH]c3ccccc32)c(=O)n1-c1cc(C)ccc1OC. The Morgan fingerprint density at radius 1 is 1.22 bits per heavy atom. The Morgan fingerprint density at radius 2 is 2.04 bits per heavy atom. The molecule has 0 amide bonds. The topological polar surface area (TPSA) is 59.9 Å². The summed E-state index contributed by atoms with van der Waals surface area (Å²) in [4.78, 5) is 21.6. The van der Waals surface area contributed by atoms with Gasteiger partial charge in [-0.1, -0.05) is 43.0 Å². The summed E-state index contributed by atoms with van der Waals surface area (Å²) in [5, 5.41) is 1.65. The first kappa shape index (κ1) is 17.7. The van der Waals surface area contributed by atoms with Gasteiger partial charge in [-0.3, -0.25) is 4.79 Å². The zero-order valence-corrected chi connectivity index (χ0v) is 16.4. The Hall–Kier alpha value is -2.73. The standard InChI is InChI=1S/C21H21N3O2S/c1-4-11-27-21-23-18-14-7-5-6-8-15(14)22-19(18)20(25)24(21)16-12-13(2)9-10-17(16)26-3/h5-10,12,22H,4,11H2,1-3H3. The van der Waals surface area contributed by atoms with Gasteiger partial charge < -0.3 is 9.72 Å². The van der Waals surface area contributed by atoms with E-state index in [0.717, 1.165) is 34.2 Å². The van der Waals surface area contributed by atoms with E-state index >= 15 is 0 Å². The van der Waals surface area contributed by atoms with Gasteiger partial charge in [0.25, 0.3) is 5.56 Å². The van der Waals surface area contributed by atoms with Crippen molar-refractivity contribution in [3.63, 3.8) is 0 Å². The number of rotatable bonds is 5. The summed E-state index contributed by atoms with van der Waals surface area (Å²) in [7, 11) is 1.62. The van der Waals surface area contributed by atoms with Crippen molar-refractivity contribution in [1.29, 1.82) is 0 Å². The fourth-order valence-electron chi connectivity index (χ4n) is 3.22. The molecule has 4 rings (SSSR count). The van der Waals surface area contributed by atoms with Crippen LogP contribution in [0.5, 0.6) is 5.75 Å². The van der Waals surface area contributed by atoms with Gasteiger partial charge in [0, 0.05) is 16.7 Å². The highest BCUT2D eigenvalue weighted by molar-refractivity contribution is 7.99. The minimum Gasteiger partial charge on any atom is -0.495 e. The summed E-state index contributed by atoms with van der Waals surface area (Å²) >= 11 is 1.59. The molecule has 0 bridgehead atoms. The second-order valence-electron chi connectivity index (χ2n) is 6.45. The van der Waals surface area contributed by atoms with Crippen molar-refractivity contribution in [2.24, 2.45) is 0 Å². The molecule has 0 fully saturated rings. The zero-order valence-electron chi connectivity index (χ0n) is 15.6. The number of para-hydroxylation sites is 1. The Kier molecular flexibility index (Phi) is 4.66. The summed E-state index contributed by atoms with van der Waals surface area (Å²) in [6, 6.07) is 13.7. The van der Waals surface area contributed by atoms with Crippen molar-refractivity contribution < 1.29 is 4.74 Å². The molecule has 1 N–H and O–H groups in total. The number of nitrogens with one attached hydrogen (secondary N) is 1. The maximum Gasteiger partial charge on any atom is 0.283 e. The zero-order chi connectivity index (χ0) is 19.0. The first-order chi connectivity index (χ1) is 13.1. The minimum atomic E-state index is -0.112. The average molecular weight is 379 g/mol. The van der Waals surface area contributed by atoms with Gasteiger partial charge in [0.15, 0.2) is 5.16 Å². The van der Waals surface area contributed by atoms with Crippen molar-refractivity contribution in [3.05, 3.63) is 58.4 Å². The molecule has 0 saturated carbocycles. The molecule has 0 atom stereocenters. The van der Waals surface area contributed by atoms with Crippen LogP contribution in [-0.2, 0) is 0 Å². The minimum absolute atomic E-state index is 0.112. The third-order valence-corrected chi connectivity index (χ3v) is 5.65. The number of aryl methyl sites for hydroxylation is 1. The van der Waals surface area contributed by atoms with Crippen LogP contribution in [0, 0.1) is 6.92 Å². The van der Waals surface area contributed by atoms with Gasteiger partial charge in [0.05, 0.1) is 12.8 Å². The fraction of sp³-hybridized carbons (Fsp3) is 0.238. The molecule has 0 aliphatic heterocycles. The van der Waals surface area contributed by atoms with E-state index in [1.54, 1.807) is 23.4 Å². The lowest BCUT2D eigenvalue weighted by molar-refractivity contribution is 0.411. The van der Waals surface area contributed by atoms with Crippen molar-refractivity contribution in [2.75, 3.05) is 12.9 Å². The number of aromatic amines is 1. The van der Waals surface area contributed by atoms with E-state index in [0.29, 0.717) is 22.1 Å². The summed E-state index contributed by atoms with van der Waals surface area (Å²) in [5.74, 6) is 1.53. The van der Waals surface area contributed by atoms with E-state index < -0.39 is 0 Å². The number of hydrogen-bond acceptors (Lipinski definition) is 4. The highest BCUT2D eigenvalue weighted by Gasteiger charge is 2.19. The molecule has 0 unspecified atom stereocenters. The molecule has 2 aromatic carbocycles. The number of H-pyrrole nitrogens is 1. The van der Waals surface area contributed by atoms with Crippen molar-refractivity contribution in [1.82, 2.24) is 14.5 Å². The van der Waals surface area contributed by atoms with E-state index in [1.165, 1.54) is 0 Å². The van der Waals surface area contributed by atoms with E-state index in [2.05, 4.69) is 11.9 Å². The van der Waals surface area contributed by atoms with Crippen LogP contribution in [-0.4, -0.2) is 27.4 Å². The maximum absolute atomic E-state index is 13.5. The third-order valence-electron chi connectivity index (χ3n) is 4.50. The number of benzene rings is 2. The number of thioether (sulfide) groups is 1. The highest BCUT2D eigenvalue weighted by Crippen LogP contribution is 2.30. The maximum atomic E-state index is 13.5. The Balaban J connectivity index is 2.09. The van der Waals surface area contributed by atoms with Crippen LogP contribution in [0.1, 0.15) is 18.9 Å². The molecule has 0 radical (unpaired) electrons. The van der Waals surface area contributed by atoms with Gasteiger partial charge in [0.2, 0.25) is 0 Å². The van der Waals surface area contributed by atoms with Gasteiger partial charge in [-0.15, -0.1) is 0 Å². The molecule has 0 aliphatic carbocycles. The molecule has 0 aliphatic rings. The van der Waals surface area contributed by atoms with E-state index in [1.807, 2.05) is 49.4 Å². The molecular formula is C21H21N3O2S. The highest BCUT2D eigenvalue weighted by atomic mass is 32.2. The van der Waals surface area contributed by atoms with Crippen LogP contribution < -0.4 is 10.3 Å². The average Bonchev–Trinajstić information content (AvgIpc) is 3.05. The van der Waals surface area contributed by atoms with Gasteiger partial charge in [0.1, 0.15) is 16.8 Å². The van der Waals surface area contributed by atoms with Crippen LogP contribution in [0.15, 0.2) is 52.4 Å². The normalized spacial score (nSPS) is 11.4. The molecule has 2 aromatic heterocycles. The van der Waals surface area contributed by atoms with Gasteiger partial charge in [-0.25, -0.2) is 9.55 Å². The Bertz CT molecular complexity index is 1190. The van der Waals surface area contributed by atoms with Gasteiger partial charge in [-0.05, 0) is 37.1 Å². The summed E-state index contributed by atoms with van der Waals surface area (Å²) in [6.45, 7) is 4.12. The molecule has 6 heteroatoms. The number of ether oxygens (including phenoxy) is 1. The predicted octanol–water partition coefficient (Wildman–Crippen LogP) is 4.69. The van der Waals surface area contributed by atoms with E-state index in [-0.39, 0.29) is 5.56 Å². The number of hydrogen-bond donors (Lipinski definition) is 1. The number of nitrogens with zero attached hydrogens (tertiary/aromatic N) is 2. The number of aromatic nitrogens is 3. The molecule has 2 heterocycles. The molecule has 4 aromatic rings. The molecule has 138 valence electrons. The summed E-state index contributed by atoms with van der Waals surface area (Å²) < 4.78 is 7.20. The molecule has 0 spiro atoms. The first-order valence-electron chi connectivity index (χ1n) is 8.95. The number of fused-ring (bicyclic) bond motifs is 3. The Morgan fingerprint density at radius 3 is 2.81 bits per heavy atom. The molecular weight excluding hydrogens is 358 g/mol. The first-order valence-corrected chi connectivity index (χ1v) is 9.94. The van der Waals surface area contributed by atoms with E-state index in [9.17, 15) is 4.79 Å². The molecule has 27 heavy (non-hydrogen) atoms. The van der Waals surface area contributed by atoms with E-state index in [4.69, 9.17) is 9.72 Å². The summed E-state index contributed by atoms with van der Waals surface area (Å²) in [6.07, 6.45) is 0.997. The van der Waals surface area contributed by atoms with Crippen molar-refractivity contribution in [3.8, 4) is 11.4 Å². The lowest BCUT2D eigenvalue weighted by Crippen LogP contribution is -2.22. The lowest BCUT2D eigenvalue weighted by Gasteiger charge is -2.15. The van der Waals surface area contributed by atoms with Crippen LogP contribution in [0.4, 0.5) is 0 Å². The molecule has 0 saturated heterocycles. The second kappa shape index (κ2) is 7.12. The van der Waals surface area contributed by atoms with Gasteiger partial charge >= 0.3 is 0 Å². The van der Waals surface area contributed by atoms with Crippen LogP contribution in [0.3, 0.4) is 0 Å². The second-order valence-corrected chi connectivity index (χ2v) is 7.51. The largest absolute Gasteiger partial charge is 0.495 e. The van der Waals surface area contributed by atoms with Crippen molar-refractivity contribution in [2.45, 2.75) is 25.4 Å². The van der Waals surface area contributed by atoms with Crippen molar-refractivity contribution >= 4 is 33.7 Å². The lowest BCUT2D eigenvalue weighted by atomic mass is 10.2. The van der Waals surface area contributed by atoms with Crippen LogP contribution in [0.25, 0.3) is 27.6 Å². The third kappa shape index (κ3) is 3.00. The van der Waals surface area contributed by atoms with Gasteiger partial charge in [-0.2, -0.15) is 0 Å². The molecule has 5 nitrogen and oxygen atoms in total.